The van der Waals surface area contributed by atoms with E-state index in [1.807, 2.05) is 61.5 Å². The average molecular weight is 956 g/mol. The first-order valence-corrected chi connectivity index (χ1v) is 25.8. The third kappa shape index (κ3) is 8.23. The Hall–Kier alpha value is -5.78. The summed E-state index contributed by atoms with van der Waals surface area (Å²) in [6.07, 6.45) is 7.86. The van der Waals surface area contributed by atoms with E-state index in [0.29, 0.717) is 19.5 Å². The molecule has 2 unspecified atom stereocenters. The van der Waals surface area contributed by atoms with Crippen LogP contribution in [0.4, 0.5) is 0 Å². The number of aromatic amines is 1. The van der Waals surface area contributed by atoms with E-state index < -0.39 is 24.6 Å². The first-order valence-electron chi connectivity index (χ1n) is 22.3. The number of carbonyl (C=O) groups is 4. The lowest BCUT2D eigenvalue weighted by Gasteiger charge is -2.30. The van der Waals surface area contributed by atoms with Crippen molar-refractivity contribution >= 4 is 99.1 Å². The van der Waals surface area contributed by atoms with E-state index in [1.165, 1.54) is 53.6 Å². The van der Waals surface area contributed by atoms with Crippen molar-refractivity contribution < 1.29 is 24.3 Å². The summed E-state index contributed by atoms with van der Waals surface area (Å²) in [6, 6.07) is 16.2. The summed E-state index contributed by atoms with van der Waals surface area (Å²) in [5.74, 6) is -0.459. The molecule has 0 radical (unpaired) electrons. The molecule has 10 rings (SSSR count). The Bertz CT molecular complexity index is 3030. The van der Waals surface area contributed by atoms with Gasteiger partial charge in [-0.15, -0.1) is 45.3 Å². The number of amides is 4. The zero-order valence-corrected chi connectivity index (χ0v) is 40.0. The normalized spacial score (nSPS) is 18.3. The number of fused-ring (bicyclic) bond motifs is 2. The highest BCUT2D eigenvalue weighted by molar-refractivity contribution is 7.29. The van der Waals surface area contributed by atoms with Crippen LogP contribution in [0.5, 0.6) is 0 Å². The number of rotatable bonds is 13. The van der Waals surface area contributed by atoms with Crippen LogP contribution in [0.2, 0.25) is 0 Å². The van der Waals surface area contributed by atoms with E-state index in [4.69, 9.17) is 9.98 Å². The minimum Gasteiger partial charge on any atom is -0.387 e. The zero-order chi connectivity index (χ0) is 45.6. The fraction of sp³-hybridized carbons (Fsp3) is 0.320. The van der Waals surface area contributed by atoms with Gasteiger partial charge in [-0.25, -0.2) is 4.98 Å². The standard InChI is InChI=1S/C50H49N7O5S4/c1-27(2)42(55-41(60)22-58)49(61)57-18-8-12-40(57)48-52-21-38(54-48)30-15-13-29(14-16-30)33-23-63-46-35(25-65-44(33)46)36-26-66-45-34(24-64-47(36)45)32-19-37(51-20-32)39-11-7-17-56(39)50(62)43(53-28(3)59)31-9-5-4-6-10-31/h4-6,9-10,13-16,20-21,23-27,39-40,42-43,58H,7-8,11-12,17-19,22H2,1-3H3,(H,52,54)(H,53,59)(H,55,60)/t39?,40?,42-,43+/m0/s1. The van der Waals surface area contributed by atoms with Crippen molar-refractivity contribution in [3.8, 4) is 33.5 Å². The van der Waals surface area contributed by atoms with E-state index >= 15 is 0 Å². The van der Waals surface area contributed by atoms with Gasteiger partial charge >= 0.3 is 0 Å². The molecule has 7 aromatic rings. The molecule has 4 N–H and O–H groups in total. The molecule has 0 bridgehead atoms. The maximum atomic E-state index is 14.0. The Morgan fingerprint density at radius 3 is 2.00 bits per heavy atom. The lowest BCUT2D eigenvalue weighted by atomic mass is 9.99. The van der Waals surface area contributed by atoms with Gasteiger partial charge in [-0.05, 0) is 53.9 Å². The average Bonchev–Trinajstić information content (AvgIpc) is 4.16. The van der Waals surface area contributed by atoms with Crippen LogP contribution in [-0.4, -0.2) is 86.0 Å². The van der Waals surface area contributed by atoms with Gasteiger partial charge in [-0.3, -0.25) is 24.2 Å². The molecule has 4 amide bonds. The summed E-state index contributed by atoms with van der Waals surface area (Å²) in [5, 5.41) is 24.0. The SMILES string of the molecule is CC(=O)N[C@@H](C(=O)N1CCCC1C1=NC=C(c2csc3c(-c4csc5c(-c6ccc(-c7cnc(C8CCCN8C(=O)[C@@H](NC(=O)CO)C(C)C)[nH]7)cc6)csc45)csc23)C1)c1ccccc1. The first kappa shape index (κ1) is 44.1. The smallest absolute Gasteiger partial charge is 0.250 e. The summed E-state index contributed by atoms with van der Waals surface area (Å²) < 4.78 is 5.09. The molecule has 3 aliphatic heterocycles. The Kier molecular flexibility index (Phi) is 12.3. The summed E-state index contributed by atoms with van der Waals surface area (Å²) in [5.41, 5.74) is 10.9. The molecule has 66 heavy (non-hydrogen) atoms. The summed E-state index contributed by atoms with van der Waals surface area (Å²) in [6.45, 7) is 5.78. The van der Waals surface area contributed by atoms with Gasteiger partial charge in [0.15, 0.2) is 0 Å². The molecular formula is C50H49N7O5S4. The highest BCUT2D eigenvalue weighted by Gasteiger charge is 2.39. The van der Waals surface area contributed by atoms with Crippen molar-refractivity contribution in [3.05, 3.63) is 105 Å². The molecule has 0 aliphatic carbocycles. The number of hydrogen-bond acceptors (Lipinski definition) is 11. The number of hydrogen-bond donors (Lipinski definition) is 4. The molecule has 12 nitrogen and oxygen atoms in total. The van der Waals surface area contributed by atoms with Crippen LogP contribution in [0.25, 0.3) is 57.9 Å². The van der Waals surface area contributed by atoms with Crippen LogP contribution in [0, 0.1) is 5.92 Å². The van der Waals surface area contributed by atoms with Gasteiger partial charge in [-0.1, -0.05) is 68.4 Å². The van der Waals surface area contributed by atoms with Gasteiger partial charge in [0, 0.05) is 82.1 Å². The summed E-state index contributed by atoms with van der Waals surface area (Å²) in [7, 11) is 0. The number of aliphatic hydroxyl groups excluding tert-OH is 1. The summed E-state index contributed by atoms with van der Waals surface area (Å²) in [4.78, 5) is 68.7. The van der Waals surface area contributed by atoms with Gasteiger partial charge in [0.1, 0.15) is 24.5 Å². The van der Waals surface area contributed by atoms with Crippen molar-refractivity contribution in [2.75, 3.05) is 19.7 Å². The van der Waals surface area contributed by atoms with Crippen LogP contribution >= 0.6 is 45.3 Å². The van der Waals surface area contributed by atoms with Crippen molar-refractivity contribution in [3.63, 3.8) is 0 Å². The van der Waals surface area contributed by atoms with Gasteiger partial charge in [0.25, 0.3) is 0 Å². The number of imidazole rings is 1. The second-order valence-electron chi connectivity index (χ2n) is 17.5. The molecule has 16 heteroatoms. The second-order valence-corrected chi connectivity index (χ2v) is 21.0. The fourth-order valence-corrected chi connectivity index (χ4v) is 14.5. The zero-order valence-electron chi connectivity index (χ0n) is 36.7. The molecule has 0 spiro atoms. The van der Waals surface area contributed by atoms with Gasteiger partial charge in [0.05, 0.1) is 42.8 Å². The second kappa shape index (κ2) is 18.5. The fourth-order valence-electron chi connectivity index (χ4n) is 9.64. The number of benzene rings is 2. The number of likely N-dealkylation sites (tertiary alicyclic amines) is 2. The molecule has 5 aromatic heterocycles. The predicted molar refractivity (Wildman–Crippen MR) is 267 cm³/mol. The van der Waals surface area contributed by atoms with Crippen LogP contribution in [0.3, 0.4) is 0 Å². The molecule has 4 atom stereocenters. The Labute approximate surface area is 398 Å². The van der Waals surface area contributed by atoms with Gasteiger partial charge in [0.2, 0.25) is 23.6 Å². The summed E-state index contributed by atoms with van der Waals surface area (Å²) >= 11 is 7.12. The predicted octanol–water partition coefficient (Wildman–Crippen LogP) is 9.81. The van der Waals surface area contributed by atoms with Crippen molar-refractivity contribution in [2.24, 2.45) is 10.9 Å². The van der Waals surface area contributed by atoms with Crippen LogP contribution in [0.1, 0.15) is 81.9 Å². The van der Waals surface area contributed by atoms with Gasteiger partial charge < -0.3 is 30.5 Å². The van der Waals surface area contributed by atoms with E-state index in [2.05, 4.69) is 61.4 Å². The van der Waals surface area contributed by atoms with Gasteiger partial charge in [-0.2, -0.15) is 0 Å². The molecular weight excluding hydrogens is 907 g/mol. The quantitative estimate of drug-likeness (QED) is 0.0901. The van der Waals surface area contributed by atoms with Crippen molar-refractivity contribution in [2.45, 2.75) is 77.0 Å². The van der Waals surface area contributed by atoms with E-state index in [0.717, 1.165) is 59.6 Å². The highest BCUT2D eigenvalue weighted by Crippen LogP contribution is 2.50. The Morgan fingerprint density at radius 2 is 1.35 bits per heavy atom. The maximum absolute atomic E-state index is 14.0. The number of aromatic nitrogens is 2. The Balaban J connectivity index is 0.823. The molecule has 2 aromatic carbocycles. The third-order valence-electron chi connectivity index (χ3n) is 13.0. The lowest BCUT2D eigenvalue weighted by Crippen LogP contribution is -2.51. The molecule has 8 heterocycles. The van der Waals surface area contributed by atoms with Crippen LogP contribution in [0.15, 0.2) is 93.5 Å². The number of aliphatic imine (C=N–C) groups is 1. The topological polar surface area (TPSA) is 160 Å². The molecule has 2 saturated heterocycles. The number of H-pyrrole nitrogens is 1. The molecule has 338 valence electrons. The van der Waals surface area contributed by atoms with E-state index in [-0.39, 0.29) is 35.7 Å². The van der Waals surface area contributed by atoms with Crippen LogP contribution in [-0.2, 0) is 19.2 Å². The monoisotopic (exact) mass is 955 g/mol. The first-order chi connectivity index (χ1) is 32.1. The van der Waals surface area contributed by atoms with E-state index in [1.54, 1.807) is 50.2 Å². The number of aliphatic hydroxyl groups is 1. The number of nitrogens with one attached hydrogen (secondary N) is 3. The number of carbonyl (C=O) groups excluding carboxylic acids is 4. The minimum absolute atomic E-state index is 0.0930. The van der Waals surface area contributed by atoms with Crippen LogP contribution < -0.4 is 10.6 Å². The highest BCUT2D eigenvalue weighted by atomic mass is 32.1. The number of nitrogens with zero attached hydrogens (tertiary/aromatic N) is 4. The molecule has 0 saturated carbocycles. The molecule has 2 fully saturated rings. The van der Waals surface area contributed by atoms with E-state index in [9.17, 15) is 24.3 Å². The van der Waals surface area contributed by atoms with Crippen molar-refractivity contribution in [1.29, 1.82) is 0 Å². The largest absolute Gasteiger partial charge is 0.387 e. The number of allylic oxidation sites excluding steroid dienone is 1. The molecule has 3 aliphatic rings. The maximum Gasteiger partial charge on any atom is 0.250 e. The number of thiophene rings is 4. The minimum atomic E-state index is -0.734. The lowest BCUT2D eigenvalue weighted by molar-refractivity contribution is -0.139. The third-order valence-corrected chi connectivity index (χ3v) is 17.3. The van der Waals surface area contributed by atoms with Crippen molar-refractivity contribution in [1.82, 2.24) is 30.4 Å². The Morgan fingerprint density at radius 1 is 0.758 bits per heavy atom.